The lowest BCUT2D eigenvalue weighted by Crippen LogP contribution is -2.46. The molecule has 0 aliphatic carbocycles. The average molecular weight is 252 g/mol. The third kappa shape index (κ3) is 4.10. The first-order chi connectivity index (χ1) is 8.60. The maximum atomic E-state index is 4.39. The molecular formula is C14H28N4. The minimum atomic E-state index is 0.512. The smallest absolute Gasteiger partial charge is 0.122 e. The van der Waals surface area contributed by atoms with Crippen molar-refractivity contribution in [3.63, 3.8) is 0 Å². The SMILES string of the molecule is CCCNC(CC)C(C)N(C)Cc1nccn1C. The number of aromatic nitrogens is 2. The first-order valence-electron chi connectivity index (χ1n) is 6.99. The van der Waals surface area contributed by atoms with Crippen molar-refractivity contribution in [1.29, 1.82) is 0 Å². The Morgan fingerprint density at radius 2 is 2.17 bits per heavy atom. The van der Waals surface area contributed by atoms with E-state index in [0.29, 0.717) is 12.1 Å². The van der Waals surface area contributed by atoms with E-state index in [4.69, 9.17) is 0 Å². The molecule has 18 heavy (non-hydrogen) atoms. The summed E-state index contributed by atoms with van der Waals surface area (Å²) in [4.78, 5) is 6.76. The fraction of sp³-hybridized carbons (Fsp3) is 0.786. The summed E-state index contributed by atoms with van der Waals surface area (Å²) in [6, 6.07) is 1.06. The highest BCUT2D eigenvalue weighted by Crippen LogP contribution is 2.09. The molecule has 1 aromatic rings. The van der Waals surface area contributed by atoms with Gasteiger partial charge in [0.1, 0.15) is 5.82 Å². The Labute approximate surface area is 111 Å². The van der Waals surface area contributed by atoms with Crippen LogP contribution in [0.1, 0.15) is 39.4 Å². The van der Waals surface area contributed by atoms with Crippen LogP contribution in [0.5, 0.6) is 0 Å². The molecule has 0 saturated heterocycles. The third-order valence-electron chi connectivity index (χ3n) is 3.69. The minimum Gasteiger partial charge on any atom is -0.337 e. The summed E-state index contributed by atoms with van der Waals surface area (Å²) in [6.07, 6.45) is 6.21. The van der Waals surface area contributed by atoms with Gasteiger partial charge in [0.15, 0.2) is 0 Å². The Balaban J connectivity index is 2.53. The lowest BCUT2D eigenvalue weighted by molar-refractivity contribution is 0.190. The zero-order chi connectivity index (χ0) is 13.5. The van der Waals surface area contributed by atoms with Gasteiger partial charge in [-0.3, -0.25) is 4.90 Å². The Morgan fingerprint density at radius 3 is 2.67 bits per heavy atom. The van der Waals surface area contributed by atoms with Gasteiger partial charge in [0.2, 0.25) is 0 Å². The summed E-state index contributed by atoms with van der Waals surface area (Å²) < 4.78 is 2.09. The molecule has 0 fully saturated rings. The monoisotopic (exact) mass is 252 g/mol. The summed E-state index contributed by atoms with van der Waals surface area (Å²) in [7, 11) is 4.23. The molecule has 0 spiro atoms. The van der Waals surface area contributed by atoms with Crippen molar-refractivity contribution < 1.29 is 0 Å². The predicted octanol–water partition coefficient (Wildman–Crippen LogP) is 2.02. The van der Waals surface area contributed by atoms with Crippen LogP contribution in [0.25, 0.3) is 0 Å². The second-order valence-corrected chi connectivity index (χ2v) is 5.08. The van der Waals surface area contributed by atoms with E-state index < -0.39 is 0 Å². The normalized spacial score (nSPS) is 15.0. The van der Waals surface area contributed by atoms with E-state index in [9.17, 15) is 0 Å². The van der Waals surface area contributed by atoms with Crippen LogP contribution in [-0.2, 0) is 13.6 Å². The molecule has 1 aromatic heterocycles. The summed E-state index contributed by atoms with van der Waals surface area (Å²) >= 11 is 0. The van der Waals surface area contributed by atoms with Gasteiger partial charge in [-0.15, -0.1) is 0 Å². The molecule has 1 N–H and O–H groups in total. The molecular weight excluding hydrogens is 224 g/mol. The van der Waals surface area contributed by atoms with E-state index in [1.807, 2.05) is 19.4 Å². The van der Waals surface area contributed by atoms with Gasteiger partial charge >= 0.3 is 0 Å². The highest BCUT2D eigenvalue weighted by Gasteiger charge is 2.19. The maximum Gasteiger partial charge on any atom is 0.122 e. The molecule has 2 atom stereocenters. The molecule has 0 amide bonds. The molecule has 0 saturated carbocycles. The fourth-order valence-corrected chi connectivity index (χ4v) is 2.21. The average Bonchev–Trinajstić information content (AvgIpc) is 2.75. The number of nitrogens with zero attached hydrogens (tertiary/aromatic N) is 3. The van der Waals surface area contributed by atoms with Crippen molar-refractivity contribution in [3.05, 3.63) is 18.2 Å². The molecule has 104 valence electrons. The molecule has 2 unspecified atom stereocenters. The Bertz CT molecular complexity index is 334. The van der Waals surface area contributed by atoms with Crippen LogP contribution in [0.4, 0.5) is 0 Å². The third-order valence-corrected chi connectivity index (χ3v) is 3.69. The first kappa shape index (κ1) is 15.2. The molecule has 0 bridgehead atoms. The summed E-state index contributed by atoms with van der Waals surface area (Å²) in [6.45, 7) is 8.74. The first-order valence-corrected chi connectivity index (χ1v) is 6.99. The van der Waals surface area contributed by atoms with Gasteiger partial charge in [0, 0.05) is 31.5 Å². The van der Waals surface area contributed by atoms with Gasteiger partial charge in [-0.05, 0) is 33.4 Å². The molecule has 1 rings (SSSR count). The number of rotatable bonds is 8. The molecule has 0 radical (unpaired) electrons. The van der Waals surface area contributed by atoms with E-state index >= 15 is 0 Å². The van der Waals surface area contributed by atoms with Gasteiger partial charge in [-0.25, -0.2) is 4.98 Å². The topological polar surface area (TPSA) is 33.1 Å². The van der Waals surface area contributed by atoms with E-state index in [1.165, 1.54) is 6.42 Å². The second-order valence-electron chi connectivity index (χ2n) is 5.08. The van der Waals surface area contributed by atoms with Gasteiger partial charge in [-0.2, -0.15) is 0 Å². The van der Waals surface area contributed by atoms with Crippen molar-refractivity contribution in [3.8, 4) is 0 Å². The highest BCUT2D eigenvalue weighted by molar-refractivity contribution is 4.92. The number of hydrogen-bond donors (Lipinski definition) is 1. The molecule has 1 heterocycles. The van der Waals surface area contributed by atoms with Crippen LogP contribution in [0, 0.1) is 0 Å². The summed E-state index contributed by atoms with van der Waals surface area (Å²) in [5, 5.41) is 3.63. The van der Waals surface area contributed by atoms with Gasteiger partial charge in [-0.1, -0.05) is 13.8 Å². The number of likely N-dealkylation sites (N-methyl/N-ethyl adjacent to an activating group) is 1. The Hall–Kier alpha value is -0.870. The highest BCUT2D eigenvalue weighted by atomic mass is 15.2. The van der Waals surface area contributed by atoms with Crippen molar-refractivity contribution in [2.45, 2.75) is 52.2 Å². The Morgan fingerprint density at radius 1 is 1.44 bits per heavy atom. The van der Waals surface area contributed by atoms with Gasteiger partial charge in [0.25, 0.3) is 0 Å². The molecule has 4 heteroatoms. The Kier molecular flexibility index (Phi) is 6.36. The minimum absolute atomic E-state index is 0.512. The zero-order valence-corrected chi connectivity index (χ0v) is 12.5. The van der Waals surface area contributed by atoms with Crippen LogP contribution >= 0.6 is 0 Å². The predicted molar refractivity (Wildman–Crippen MR) is 76.5 cm³/mol. The van der Waals surface area contributed by atoms with Gasteiger partial charge < -0.3 is 9.88 Å². The summed E-state index contributed by atoms with van der Waals surface area (Å²) in [5.74, 6) is 1.12. The van der Waals surface area contributed by atoms with Crippen LogP contribution in [0.2, 0.25) is 0 Å². The summed E-state index contributed by atoms with van der Waals surface area (Å²) in [5.41, 5.74) is 0. The molecule has 0 aliphatic rings. The lowest BCUT2D eigenvalue weighted by atomic mass is 10.1. The molecule has 0 aliphatic heterocycles. The van der Waals surface area contributed by atoms with Crippen molar-refractivity contribution in [2.24, 2.45) is 7.05 Å². The van der Waals surface area contributed by atoms with Crippen LogP contribution in [0.3, 0.4) is 0 Å². The number of nitrogens with one attached hydrogen (secondary N) is 1. The molecule has 4 nitrogen and oxygen atoms in total. The lowest BCUT2D eigenvalue weighted by Gasteiger charge is -2.32. The standard InChI is InChI=1S/C14H28N4/c1-6-8-15-13(7-2)12(3)18(5)11-14-16-9-10-17(14)4/h9-10,12-13,15H,6-8,11H2,1-5H3. The van der Waals surface area contributed by atoms with E-state index in [1.54, 1.807) is 0 Å². The molecule has 0 aromatic carbocycles. The fourth-order valence-electron chi connectivity index (χ4n) is 2.21. The number of imidazole rings is 1. The van der Waals surface area contributed by atoms with Crippen molar-refractivity contribution in [2.75, 3.05) is 13.6 Å². The van der Waals surface area contributed by atoms with Crippen LogP contribution in [0.15, 0.2) is 12.4 Å². The van der Waals surface area contributed by atoms with E-state index in [-0.39, 0.29) is 0 Å². The quantitative estimate of drug-likeness (QED) is 0.768. The van der Waals surface area contributed by atoms with Gasteiger partial charge in [0.05, 0.1) is 6.54 Å². The van der Waals surface area contributed by atoms with Crippen molar-refractivity contribution >= 4 is 0 Å². The largest absolute Gasteiger partial charge is 0.337 e. The van der Waals surface area contributed by atoms with Crippen molar-refractivity contribution in [1.82, 2.24) is 19.8 Å². The van der Waals surface area contributed by atoms with Crippen LogP contribution in [-0.4, -0.2) is 40.1 Å². The zero-order valence-electron chi connectivity index (χ0n) is 12.5. The van der Waals surface area contributed by atoms with E-state index in [2.05, 4.69) is 47.6 Å². The van der Waals surface area contributed by atoms with Crippen LogP contribution < -0.4 is 5.32 Å². The number of aryl methyl sites for hydroxylation is 1. The second kappa shape index (κ2) is 7.54. The van der Waals surface area contributed by atoms with E-state index in [0.717, 1.165) is 25.3 Å². The number of hydrogen-bond acceptors (Lipinski definition) is 3. The maximum absolute atomic E-state index is 4.39.